The minimum Gasteiger partial charge on any atom is -0.550 e. The summed E-state index contributed by atoms with van der Waals surface area (Å²) in [5.74, 6) is 1.64. The summed E-state index contributed by atoms with van der Waals surface area (Å²) in [6.07, 6.45) is 4.71. The normalized spacial score (nSPS) is 39.3. The number of carbonyl (C=O) groups excluding carboxylic acids is 2. The van der Waals surface area contributed by atoms with Gasteiger partial charge in [-0.3, -0.25) is 4.79 Å². The summed E-state index contributed by atoms with van der Waals surface area (Å²) in [7, 11) is 0. The minimum atomic E-state index is -1.10. The summed E-state index contributed by atoms with van der Waals surface area (Å²) in [5.41, 5.74) is -1.06. The zero-order chi connectivity index (χ0) is 15.0. The maximum absolute atomic E-state index is 12.5. The van der Waals surface area contributed by atoms with E-state index in [2.05, 4.69) is 5.32 Å². The Kier molecular flexibility index (Phi) is 6.39. The molecule has 1 amide bonds. The van der Waals surface area contributed by atoms with Crippen LogP contribution in [0.2, 0.25) is 0 Å². The average Bonchev–Trinajstić information content (AvgIpc) is 3.05. The number of fused-ring (bicyclic) bond motifs is 2. The van der Waals surface area contributed by atoms with Crippen LogP contribution in [0, 0.1) is 23.2 Å². The standard InChI is InChI=1S/C15H21NO3S2.Na/c1-15(14(18)19)10-3-2-9(6-10)12(15)13(17)16-7-11-8-20-4-5-21-11;/h2-3,9-12H,4-8H2,1H3,(H,16,17)(H,18,19);/q;+1/p-1/t9-,10+,11?,12+,15+;/m0./s1. The van der Waals surface area contributed by atoms with Gasteiger partial charge in [0.25, 0.3) is 0 Å². The largest absolute Gasteiger partial charge is 1.00 e. The summed E-state index contributed by atoms with van der Waals surface area (Å²) in [5, 5.41) is 15.0. The van der Waals surface area contributed by atoms with Crippen molar-refractivity contribution in [2.45, 2.75) is 18.6 Å². The first-order valence-corrected chi connectivity index (χ1v) is 9.60. The molecule has 116 valence electrons. The maximum atomic E-state index is 12.5. The molecule has 0 aromatic heterocycles. The van der Waals surface area contributed by atoms with Crippen LogP contribution in [0.1, 0.15) is 13.3 Å². The van der Waals surface area contributed by atoms with Gasteiger partial charge in [0.15, 0.2) is 0 Å². The Bertz CT molecular complexity index is 481. The number of carboxylic acids is 1. The zero-order valence-corrected chi connectivity index (χ0v) is 16.7. The molecule has 4 nitrogen and oxygen atoms in total. The van der Waals surface area contributed by atoms with Crippen LogP contribution >= 0.6 is 23.5 Å². The summed E-state index contributed by atoms with van der Waals surface area (Å²) < 4.78 is 0. The predicted octanol–water partition coefficient (Wildman–Crippen LogP) is -2.47. The summed E-state index contributed by atoms with van der Waals surface area (Å²) in [4.78, 5) is 24.1. The first-order valence-electron chi connectivity index (χ1n) is 7.40. The van der Waals surface area contributed by atoms with Crippen molar-refractivity contribution in [2.24, 2.45) is 23.2 Å². The van der Waals surface area contributed by atoms with E-state index >= 15 is 0 Å². The molecule has 7 heteroatoms. The van der Waals surface area contributed by atoms with Crippen molar-refractivity contribution in [3.8, 4) is 0 Å². The van der Waals surface area contributed by atoms with Gasteiger partial charge in [0, 0.05) is 40.4 Å². The first kappa shape index (κ1) is 18.7. The van der Waals surface area contributed by atoms with Crippen molar-refractivity contribution in [1.29, 1.82) is 0 Å². The second kappa shape index (κ2) is 7.51. The quantitative estimate of drug-likeness (QED) is 0.450. The third-order valence-electron chi connectivity index (χ3n) is 5.07. The van der Waals surface area contributed by atoms with Crippen LogP contribution in [-0.2, 0) is 9.59 Å². The molecule has 3 aliphatic rings. The Hall–Kier alpha value is 0.380. The number of carboxylic acid groups (broad SMARTS) is 1. The zero-order valence-electron chi connectivity index (χ0n) is 13.0. The molecule has 0 aromatic rings. The van der Waals surface area contributed by atoms with E-state index in [9.17, 15) is 14.7 Å². The molecule has 0 radical (unpaired) electrons. The summed E-state index contributed by atoms with van der Waals surface area (Å²) in [6, 6.07) is 0. The molecule has 5 atom stereocenters. The van der Waals surface area contributed by atoms with E-state index in [1.54, 1.807) is 6.92 Å². The van der Waals surface area contributed by atoms with Crippen LogP contribution in [0.4, 0.5) is 0 Å². The van der Waals surface area contributed by atoms with Crippen molar-refractivity contribution in [3.63, 3.8) is 0 Å². The smallest absolute Gasteiger partial charge is 0.550 e. The molecule has 0 aromatic carbocycles. The molecule has 1 unspecified atom stereocenters. The van der Waals surface area contributed by atoms with Crippen molar-refractivity contribution in [1.82, 2.24) is 5.32 Å². The molecule has 1 saturated carbocycles. The maximum Gasteiger partial charge on any atom is 1.00 e. The number of hydrogen-bond acceptors (Lipinski definition) is 5. The predicted molar refractivity (Wildman–Crippen MR) is 83.9 cm³/mol. The van der Waals surface area contributed by atoms with Crippen LogP contribution < -0.4 is 40.0 Å². The van der Waals surface area contributed by atoms with Gasteiger partial charge in [0.1, 0.15) is 0 Å². The fourth-order valence-corrected chi connectivity index (χ4v) is 6.43. The van der Waals surface area contributed by atoms with E-state index in [1.807, 2.05) is 35.7 Å². The van der Waals surface area contributed by atoms with E-state index in [4.69, 9.17) is 0 Å². The van der Waals surface area contributed by atoms with E-state index < -0.39 is 17.3 Å². The monoisotopic (exact) mass is 349 g/mol. The van der Waals surface area contributed by atoms with E-state index in [0.717, 1.165) is 17.9 Å². The molecule has 0 spiro atoms. The van der Waals surface area contributed by atoms with Gasteiger partial charge in [0.05, 0.1) is 5.92 Å². The van der Waals surface area contributed by atoms with Gasteiger partial charge in [-0.2, -0.15) is 23.5 Å². The SMILES string of the molecule is C[C@@]1(C(=O)[O-])[C@@H]2C=C[C@@H](C2)[C@@H]1C(=O)NCC1CSCCS1.[Na+]. The first-order chi connectivity index (χ1) is 10.0. The van der Waals surface area contributed by atoms with E-state index in [1.165, 1.54) is 5.75 Å². The third-order valence-corrected chi connectivity index (χ3v) is 7.92. The van der Waals surface area contributed by atoms with Gasteiger partial charge in [-0.05, 0) is 18.3 Å². The molecule has 2 bridgehead atoms. The van der Waals surface area contributed by atoms with Crippen LogP contribution in [0.15, 0.2) is 12.2 Å². The molecular weight excluding hydrogens is 329 g/mol. The number of rotatable bonds is 4. The minimum absolute atomic E-state index is 0. The van der Waals surface area contributed by atoms with Crippen LogP contribution in [0.5, 0.6) is 0 Å². The van der Waals surface area contributed by atoms with Gasteiger partial charge in [0.2, 0.25) is 5.91 Å². The Balaban J connectivity index is 0.00000176. The summed E-state index contributed by atoms with van der Waals surface area (Å²) in [6.45, 7) is 2.31. The molecule has 1 heterocycles. The van der Waals surface area contributed by atoms with E-state index in [0.29, 0.717) is 11.8 Å². The fraction of sp³-hybridized carbons (Fsp3) is 0.733. The third kappa shape index (κ3) is 3.27. The van der Waals surface area contributed by atoms with Crippen molar-refractivity contribution in [3.05, 3.63) is 12.2 Å². The Morgan fingerprint density at radius 2 is 2.14 bits per heavy atom. The Morgan fingerprint density at radius 3 is 2.77 bits per heavy atom. The Labute approximate surface area is 161 Å². The fourth-order valence-electron chi connectivity index (χ4n) is 3.82. The molecule has 3 rings (SSSR count). The van der Waals surface area contributed by atoms with Gasteiger partial charge >= 0.3 is 29.6 Å². The van der Waals surface area contributed by atoms with Crippen molar-refractivity contribution in [2.75, 3.05) is 23.8 Å². The molecule has 1 saturated heterocycles. The van der Waals surface area contributed by atoms with Crippen LogP contribution in [-0.4, -0.2) is 40.9 Å². The van der Waals surface area contributed by atoms with Gasteiger partial charge < -0.3 is 15.2 Å². The average molecular weight is 349 g/mol. The molecule has 22 heavy (non-hydrogen) atoms. The van der Waals surface area contributed by atoms with Gasteiger partial charge in [-0.1, -0.05) is 19.1 Å². The van der Waals surface area contributed by atoms with Gasteiger partial charge in [-0.25, -0.2) is 0 Å². The number of hydrogen-bond donors (Lipinski definition) is 1. The number of aliphatic carboxylic acids is 1. The second-order valence-corrected chi connectivity index (χ2v) is 8.81. The molecule has 2 fully saturated rings. The Morgan fingerprint density at radius 1 is 1.36 bits per heavy atom. The number of allylic oxidation sites excluding steroid dienone is 2. The second-order valence-electron chi connectivity index (χ2n) is 6.25. The van der Waals surface area contributed by atoms with Crippen LogP contribution in [0.3, 0.4) is 0 Å². The number of nitrogens with one attached hydrogen (secondary N) is 1. The molecule has 1 aliphatic heterocycles. The van der Waals surface area contributed by atoms with Crippen molar-refractivity contribution >= 4 is 35.4 Å². The van der Waals surface area contributed by atoms with E-state index in [-0.39, 0.29) is 47.3 Å². The summed E-state index contributed by atoms with van der Waals surface area (Å²) >= 11 is 3.81. The number of thioether (sulfide) groups is 2. The molecule has 2 aliphatic carbocycles. The molecular formula is C15H20NNaO3S2. The van der Waals surface area contributed by atoms with Gasteiger partial charge in [-0.15, -0.1) is 0 Å². The number of amides is 1. The number of carbonyl (C=O) groups is 2. The topological polar surface area (TPSA) is 69.2 Å². The molecule has 1 N–H and O–H groups in total. The van der Waals surface area contributed by atoms with Crippen molar-refractivity contribution < 1.29 is 44.3 Å². The van der Waals surface area contributed by atoms with Crippen LogP contribution in [0.25, 0.3) is 0 Å².